The van der Waals surface area contributed by atoms with E-state index in [1.807, 2.05) is 6.07 Å². The fraction of sp³-hybridized carbons (Fsp3) is 0.750. The molecule has 2 rings (SSSR count). The van der Waals surface area contributed by atoms with Crippen LogP contribution in [0.4, 0.5) is 0 Å². The van der Waals surface area contributed by atoms with Crippen molar-refractivity contribution in [2.45, 2.75) is 64.8 Å². The number of hydrogen-bond acceptors (Lipinski definition) is 2. The summed E-state index contributed by atoms with van der Waals surface area (Å²) >= 11 is 7.83. The topological polar surface area (TPSA) is 12.0 Å². The predicted molar refractivity (Wildman–Crippen MR) is 86.3 cm³/mol. The third-order valence-corrected chi connectivity index (χ3v) is 5.32. The van der Waals surface area contributed by atoms with Crippen LogP contribution in [-0.4, -0.2) is 12.1 Å². The van der Waals surface area contributed by atoms with Crippen LogP contribution in [0.5, 0.6) is 0 Å². The number of nitrogens with one attached hydrogen (secondary N) is 1. The summed E-state index contributed by atoms with van der Waals surface area (Å²) in [5.74, 6) is 0. The average molecular weight is 300 g/mol. The van der Waals surface area contributed by atoms with Crippen molar-refractivity contribution in [3.05, 3.63) is 21.3 Å². The minimum absolute atomic E-state index is 0.206. The first-order valence-electron chi connectivity index (χ1n) is 7.38. The zero-order valence-electron chi connectivity index (χ0n) is 12.4. The average Bonchev–Trinajstić information content (AvgIpc) is 2.73. The largest absolute Gasteiger partial charge is 0.312 e. The Morgan fingerprint density at radius 3 is 2.42 bits per heavy atom. The second-order valence-electron chi connectivity index (χ2n) is 7.05. The molecule has 0 radical (unpaired) electrons. The second kappa shape index (κ2) is 6.15. The van der Waals surface area contributed by atoms with E-state index < -0.39 is 0 Å². The molecule has 0 aromatic carbocycles. The Labute approximate surface area is 126 Å². The van der Waals surface area contributed by atoms with E-state index in [9.17, 15) is 0 Å². The Morgan fingerprint density at radius 1 is 1.21 bits per heavy atom. The summed E-state index contributed by atoms with van der Waals surface area (Å²) in [5, 5.41) is 3.73. The van der Waals surface area contributed by atoms with E-state index in [1.54, 1.807) is 11.3 Å². The minimum Gasteiger partial charge on any atom is -0.312 e. The summed E-state index contributed by atoms with van der Waals surface area (Å²) < 4.78 is 0.921. The predicted octanol–water partition coefficient (Wildman–Crippen LogP) is 5.28. The van der Waals surface area contributed by atoms with Gasteiger partial charge in [0.2, 0.25) is 0 Å². The monoisotopic (exact) mass is 299 g/mol. The highest BCUT2D eigenvalue weighted by molar-refractivity contribution is 7.16. The van der Waals surface area contributed by atoms with Crippen molar-refractivity contribution in [1.29, 1.82) is 0 Å². The Balaban J connectivity index is 2.05. The molecule has 1 aliphatic rings. The van der Waals surface area contributed by atoms with Crippen molar-refractivity contribution in [2.24, 2.45) is 5.41 Å². The van der Waals surface area contributed by atoms with Crippen molar-refractivity contribution in [3.63, 3.8) is 0 Å². The summed E-state index contributed by atoms with van der Waals surface area (Å²) in [6.07, 6.45) is 8.06. The smallest absolute Gasteiger partial charge is 0.0931 e. The summed E-state index contributed by atoms with van der Waals surface area (Å²) in [6.45, 7) is 7.90. The van der Waals surface area contributed by atoms with Gasteiger partial charge in [-0.15, -0.1) is 11.3 Å². The maximum absolute atomic E-state index is 6.08. The molecule has 1 fully saturated rings. The van der Waals surface area contributed by atoms with Gasteiger partial charge in [0.1, 0.15) is 0 Å². The Kier molecular flexibility index (Phi) is 4.97. The van der Waals surface area contributed by atoms with Crippen LogP contribution >= 0.6 is 22.9 Å². The molecule has 0 amide bonds. The quantitative estimate of drug-likeness (QED) is 0.797. The first kappa shape index (κ1) is 15.3. The van der Waals surface area contributed by atoms with Crippen molar-refractivity contribution in [1.82, 2.24) is 5.32 Å². The first-order chi connectivity index (χ1) is 8.89. The maximum atomic E-state index is 6.08. The van der Waals surface area contributed by atoms with E-state index in [1.165, 1.54) is 43.4 Å². The Morgan fingerprint density at radius 2 is 1.89 bits per heavy atom. The number of rotatable bonds is 4. The standard InChI is InChI=1S/C16H26ClNS/c1-15(2,3)18-12-16(9-5-4-6-10-16)11-13-7-8-14(17)19-13/h7-8,18H,4-6,9-12H2,1-3H3. The number of thiophene rings is 1. The van der Waals surface area contributed by atoms with Crippen LogP contribution in [0, 0.1) is 5.41 Å². The Hall–Kier alpha value is -0.0500. The lowest BCUT2D eigenvalue weighted by atomic mass is 9.71. The van der Waals surface area contributed by atoms with Gasteiger partial charge in [-0.3, -0.25) is 0 Å². The molecule has 1 saturated carbocycles. The van der Waals surface area contributed by atoms with Crippen molar-refractivity contribution >= 4 is 22.9 Å². The molecule has 19 heavy (non-hydrogen) atoms. The van der Waals surface area contributed by atoms with Gasteiger partial charge in [-0.05, 0) is 57.6 Å². The van der Waals surface area contributed by atoms with Gasteiger partial charge >= 0.3 is 0 Å². The van der Waals surface area contributed by atoms with E-state index in [2.05, 4.69) is 32.2 Å². The van der Waals surface area contributed by atoms with Crippen LogP contribution in [0.2, 0.25) is 4.34 Å². The molecule has 1 aromatic heterocycles. The van der Waals surface area contributed by atoms with Crippen LogP contribution in [0.15, 0.2) is 12.1 Å². The Bertz CT molecular complexity index is 399. The molecule has 1 aromatic rings. The minimum atomic E-state index is 0.206. The van der Waals surface area contributed by atoms with Crippen LogP contribution in [0.25, 0.3) is 0 Å². The van der Waals surface area contributed by atoms with E-state index in [4.69, 9.17) is 11.6 Å². The lowest BCUT2D eigenvalue weighted by molar-refractivity contribution is 0.166. The van der Waals surface area contributed by atoms with Gasteiger partial charge in [0.15, 0.2) is 0 Å². The van der Waals surface area contributed by atoms with Gasteiger partial charge in [0.25, 0.3) is 0 Å². The normalized spacial score (nSPS) is 19.6. The van der Waals surface area contributed by atoms with Crippen LogP contribution in [-0.2, 0) is 6.42 Å². The van der Waals surface area contributed by atoms with Gasteiger partial charge in [0.05, 0.1) is 4.34 Å². The molecule has 1 N–H and O–H groups in total. The second-order valence-corrected chi connectivity index (χ2v) is 8.85. The van der Waals surface area contributed by atoms with Gasteiger partial charge in [-0.1, -0.05) is 30.9 Å². The molecule has 0 bridgehead atoms. The summed E-state index contributed by atoms with van der Waals surface area (Å²) in [4.78, 5) is 1.45. The summed E-state index contributed by atoms with van der Waals surface area (Å²) in [7, 11) is 0. The molecule has 0 spiro atoms. The zero-order chi connectivity index (χ0) is 13.9. The van der Waals surface area contributed by atoms with Gasteiger partial charge in [0, 0.05) is 17.0 Å². The van der Waals surface area contributed by atoms with Crippen LogP contribution in [0.1, 0.15) is 57.8 Å². The zero-order valence-corrected chi connectivity index (χ0v) is 14.0. The molecule has 0 atom stereocenters. The summed E-state index contributed by atoms with van der Waals surface area (Å²) in [5.41, 5.74) is 0.650. The molecule has 108 valence electrons. The van der Waals surface area contributed by atoms with E-state index in [0.29, 0.717) is 5.41 Å². The molecular formula is C16H26ClNS. The van der Waals surface area contributed by atoms with E-state index >= 15 is 0 Å². The van der Waals surface area contributed by atoms with Crippen molar-refractivity contribution in [3.8, 4) is 0 Å². The highest BCUT2D eigenvalue weighted by Gasteiger charge is 2.33. The summed E-state index contributed by atoms with van der Waals surface area (Å²) in [6, 6.07) is 4.25. The van der Waals surface area contributed by atoms with Gasteiger partial charge in [-0.25, -0.2) is 0 Å². The van der Waals surface area contributed by atoms with E-state index in [-0.39, 0.29) is 5.54 Å². The molecule has 0 saturated heterocycles. The molecule has 1 nitrogen and oxygen atoms in total. The molecule has 0 unspecified atom stereocenters. The van der Waals surface area contributed by atoms with Crippen molar-refractivity contribution < 1.29 is 0 Å². The highest BCUT2D eigenvalue weighted by atomic mass is 35.5. The molecule has 0 aliphatic heterocycles. The third kappa shape index (κ3) is 4.77. The van der Waals surface area contributed by atoms with E-state index in [0.717, 1.165) is 10.9 Å². The first-order valence-corrected chi connectivity index (χ1v) is 8.57. The highest BCUT2D eigenvalue weighted by Crippen LogP contribution is 2.40. The maximum Gasteiger partial charge on any atom is 0.0931 e. The van der Waals surface area contributed by atoms with Crippen molar-refractivity contribution in [2.75, 3.05) is 6.54 Å². The molecule has 1 heterocycles. The van der Waals surface area contributed by atoms with Gasteiger partial charge < -0.3 is 5.32 Å². The lowest BCUT2D eigenvalue weighted by Gasteiger charge is -2.39. The fourth-order valence-corrected chi connectivity index (χ4v) is 4.25. The third-order valence-electron chi connectivity index (χ3n) is 4.09. The molecule has 3 heteroatoms. The fourth-order valence-electron chi connectivity index (χ4n) is 2.99. The molecular weight excluding hydrogens is 274 g/mol. The lowest BCUT2D eigenvalue weighted by Crippen LogP contribution is -2.45. The van der Waals surface area contributed by atoms with Crippen LogP contribution < -0.4 is 5.32 Å². The number of hydrogen-bond donors (Lipinski definition) is 1. The number of halogens is 1. The van der Waals surface area contributed by atoms with Gasteiger partial charge in [-0.2, -0.15) is 0 Å². The molecule has 1 aliphatic carbocycles. The SMILES string of the molecule is CC(C)(C)NCC1(Cc2ccc(Cl)s2)CCCCC1. The van der Waals surface area contributed by atoms with Crippen LogP contribution in [0.3, 0.4) is 0 Å².